The van der Waals surface area contributed by atoms with Gasteiger partial charge in [-0.1, -0.05) is 18.2 Å². The Morgan fingerprint density at radius 2 is 1.80 bits per heavy atom. The van der Waals surface area contributed by atoms with Crippen molar-refractivity contribution in [2.24, 2.45) is 0 Å². The van der Waals surface area contributed by atoms with Crippen LogP contribution in [0.3, 0.4) is 0 Å². The molecule has 9 heteroatoms. The maximum atomic E-state index is 13.3. The summed E-state index contributed by atoms with van der Waals surface area (Å²) >= 11 is 0. The number of likely N-dealkylation sites (tertiary alicyclic amines) is 2. The van der Waals surface area contributed by atoms with Gasteiger partial charge in [0.2, 0.25) is 10.0 Å². The lowest BCUT2D eigenvalue weighted by Gasteiger charge is -2.44. The molecule has 2 fully saturated rings. The molecule has 0 aliphatic carbocycles. The summed E-state index contributed by atoms with van der Waals surface area (Å²) in [5.74, 6) is -0.213. The van der Waals surface area contributed by atoms with Gasteiger partial charge in [-0.05, 0) is 45.0 Å². The molecule has 2 aromatic rings. The molecule has 0 radical (unpaired) electrons. The molecule has 1 aromatic heterocycles. The summed E-state index contributed by atoms with van der Waals surface area (Å²) in [6.45, 7) is 5.70. The van der Waals surface area contributed by atoms with Crippen LogP contribution in [0.1, 0.15) is 29.0 Å². The highest BCUT2D eigenvalue weighted by molar-refractivity contribution is 7.89. The van der Waals surface area contributed by atoms with Crippen LogP contribution in [-0.2, 0) is 10.0 Å². The largest absolute Gasteiger partial charge is 0.334 e. The molecule has 1 aromatic carbocycles. The summed E-state index contributed by atoms with van der Waals surface area (Å²) in [6.07, 6.45) is 5.35. The number of benzene rings is 1. The van der Waals surface area contributed by atoms with Crippen LogP contribution in [0, 0.1) is 6.92 Å². The van der Waals surface area contributed by atoms with Gasteiger partial charge in [-0.2, -0.15) is 4.31 Å². The van der Waals surface area contributed by atoms with E-state index < -0.39 is 10.0 Å². The molecule has 30 heavy (non-hydrogen) atoms. The first-order valence-electron chi connectivity index (χ1n) is 10.3. The lowest BCUT2D eigenvalue weighted by atomic mass is 10.1. The molecule has 3 heterocycles. The van der Waals surface area contributed by atoms with Gasteiger partial charge in [-0.3, -0.25) is 9.78 Å². The Bertz CT molecular complexity index is 969. The van der Waals surface area contributed by atoms with Gasteiger partial charge in [0.1, 0.15) is 5.69 Å². The van der Waals surface area contributed by atoms with E-state index in [0.29, 0.717) is 31.1 Å². The van der Waals surface area contributed by atoms with Gasteiger partial charge in [0.05, 0.1) is 22.8 Å². The van der Waals surface area contributed by atoms with Crippen LogP contribution in [0.2, 0.25) is 0 Å². The van der Waals surface area contributed by atoms with E-state index in [-0.39, 0.29) is 17.6 Å². The second-order valence-corrected chi connectivity index (χ2v) is 9.78. The van der Waals surface area contributed by atoms with Gasteiger partial charge >= 0.3 is 0 Å². The summed E-state index contributed by atoms with van der Waals surface area (Å²) in [4.78, 5) is 25.1. The van der Waals surface area contributed by atoms with Crippen LogP contribution in [0.25, 0.3) is 0 Å². The highest BCUT2D eigenvalue weighted by Gasteiger charge is 2.41. The number of hydrogen-bond donors (Lipinski definition) is 0. The third kappa shape index (κ3) is 4.38. The predicted octanol–water partition coefficient (Wildman–Crippen LogP) is 1.40. The Labute approximate surface area is 177 Å². The monoisotopic (exact) mass is 429 g/mol. The Hall–Kier alpha value is -2.36. The first kappa shape index (κ1) is 20.9. The van der Waals surface area contributed by atoms with E-state index in [1.807, 2.05) is 6.92 Å². The van der Waals surface area contributed by atoms with Crippen molar-refractivity contribution in [2.45, 2.75) is 30.7 Å². The van der Waals surface area contributed by atoms with Crippen molar-refractivity contribution < 1.29 is 13.2 Å². The van der Waals surface area contributed by atoms with Crippen LogP contribution < -0.4 is 0 Å². The second kappa shape index (κ2) is 8.79. The maximum Gasteiger partial charge on any atom is 0.274 e. The first-order valence-corrected chi connectivity index (χ1v) is 11.8. The van der Waals surface area contributed by atoms with Crippen molar-refractivity contribution in [1.29, 1.82) is 0 Å². The highest BCUT2D eigenvalue weighted by atomic mass is 32.2. The number of nitrogens with zero attached hydrogens (tertiary/aromatic N) is 5. The summed E-state index contributed by atoms with van der Waals surface area (Å²) in [6, 6.07) is 8.29. The van der Waals surface area contributed by atoms with Crippen molar-refractivity contribution in [3.05, 3.63) is 54.1 Å². The minimum absolute atomic E-state index is 0.213. The second-order valence-electron chi connectivity index (χ2n) is 7.88. The van der Waals surface area contributed by atoms with E-state index in [2.05, 4.69) is 14.9 Å². The summed E-state index contributed by atoms with van der Waals surface area (Å²) < 4.78 is 28.2. The van der Waals surface area contributed by atoms with Gasteiger partial charge in [0.15, 0.2) is 0 Å². The fourth-order valence-corrected chi connectivity index (χ4v) is 5.56. The smallest absolute Gasteiger partial charge is 0.274 e. The van der Waals surface area contributed by atoms with Crippen LogP contribution in [0.4, 0.5) is 0 Å². The summed E-state index contributed by atoms with van der Waals surface area (Å²) in [5, 5.41) is 0. The van der Waals surface area contributed by atoms with Crippen LogP contribution in [0.5, 0.6) is 0 Å². The van der Waals surface area contributed by atoms with Gasteiger partial charge in [-0.25, -0.2) is 13.4 Å². The van der Waals surface area contributed by atoms with E-state index in [0.717, 1.165) is 31.6 Å². The number of hydrogen-bond acceptors (Lipinski definition) is 6. The number of sulfonamides is 1. The number of aromatic nitrogens is 2. The van der Waals surface area contributed by atoms with Crippen molar-refractivity contribution in [1.82, 2.24) is 24.1 Å². The number of rotatable bonds is 7. The molecule has 8 nitrogen and oxygen atoms in total. The first-order chi connectivity index (χ1) is 14.4. The lowest BCUT2D eigenvalue weighted by molar-refractivity contribution is 0.0436. The number of carbonyl (C=O) groups excluding carboxylic acids is 1. The average Bonchev–Trinajstić information content (AvgIpc) is 3.24. The van der Waals surface area contributed by atoms with E-state index in [9.17, 15) is 13.2 Å². The molecule has 0 unspecified atom stereocenters. The zero-order valence-electron chi connectivity index (χ0n) is 17.1. The third-order valence-electron chi connectivity index (χ3n) is 5.74. The minimum Gasteiger partial charge on any atom is -0.334 e. The average molecular weight is 430 g/mol. The molecule has 0 saturated carbocycles. The zero-order chi connectivity index (χ0) is 21.1. The topological polar surface area (TPSA) is 86.7 Å². The summed E-state index contributed by atoms with van der Waals surface area (Å²) in [7, 11) is -3.63. The van der Waals surface area contributed by atoms with Gasteiger partial charge in [0.25, 0.3) is 5.91 Å². The zero-order valence-corrected chi connectivity index (χ0v) is 18.0. The Morgan fingerprint density at radius 3 is 2.43 bits per heavy atom. The number of aryl methyl sites for hydroxylation is 1. The van der Waals surface area contributed by atoms with Crippen molar-refractivity contribution in [3.8, 4) is 0 Å². The Balaban J connectivity index is 1.47. The van der Waals surface area contributed by atoms with Crippen molar-refractivity contribution in [3.63, 3.8) is 0 Å². The fourth-order valence-electron chi connectivity index (χ4n) is 3.94. The third-order valence-corrected chi connectivity index (χ3v) is 7.71. The predicted molar refractivity (Wildman–Crippen MR) is 112 cm³/mol. The molecule has 0 atom stereocenters. The normalized spacial score (nSPS) is 18.0. The van der Waals surface area contributed by atoms with Gasteiger partial charge < -0.3 is 9.80 Å². The standard InChI is InChI=1S/C21H27N5O3S/c1-17-13-23-20(14-22-17)21(27)25-15-18(16-25)26(12-11-24-9-5-6-10-24)30(28,29)19-7-3-2-4-8-19/h2-4,7-8,13-14,18H,5-6,9-12,15-16H2,1H3. The molecule has 0 N–H and O–H groups in total. The highest BCUT2D eigenvalue weighted by Crippen LogP contribution is 2.25. The molecule has 1 amide bonds. The number of amides is 1. The molecule has 4 rings (SSSR count). The molecule has 2 saturated heterocycles. The minimum atomic E-state index is -3.63. The Morgan fingerprint density at radius 1 is 1.10 bits per heavy atom. The number of carbonyl (C=O) groups is 1. The van der Waals surface area contributed by atoms with E-state index in [4.69, 9.17) is 0 Å². The van der Waals surface area contributed by atoms with Crippen LogP contribution >= 0.6 is 0 Å². The van der Waals surface area contributed by atoms with Crippen molar-refractivity contribution in [2.75, 3.05) is 39.3 Å². The molecular formula is C21H27N5O3S. The molecule has 2 aliphatic heterocycles. The molecule has 0 spiro atoms. The summed E-state index contributed by atoms with van der Waals surface area (Å²) in [5.41, 5.74) is 1.03. The SMILES string of the molecule is Cc1cnc(C(=O)N2CC(N(CCN3CCCC3)S(=O)(=O)c3ccccc3)C2)cn1. The Kier molecular flexibility index (Phi) is 6.12. The fraction of sp³-hybridized carbons (Fsp3) is 0.476. The molecule has 2 aliphatic rings. The molecule has 0 bridgehead atoms. The lowest BCUT2D eigenvalue weighted by Crippen LogP contribution is -2.63. The molecule has 160 valence electrons. The quantitative estimate of drug-likeness (QED) is 0.661. The van der Waals surface area contributed by atoms with E-state index in [1.54, 1.807) is 45.7 Å². The van der Waals surface area contributed by atoms with Gasteiger partial charge in [-0.15, -0.1) is 0 Å². The van der Waals surface area contributed by atoms with Crippen LogP contribution in [-0.4, -0.2) is 83.7 Å². The van der Waals surface area contributed by atoms with E-state index >= 15 is 0 Å². The molecular weight excluding hydrogens is 402 g/mol. The van der Waals surface area contributed by atoms with Crippen LogP contribution in [0.15, 0.2) is 47.6 Å². The van der Waals surface area contributed by atoms with Gasteiger partial charge in [0, 0.05) is 32.4 Å². The van der Waals surface area contributed by atoms with Crippen molar-refractivity contribution >= 4 is 15.9 Å². The van der Waals surface area contributed by atoms with E-state index in [1.165, 1.54) is 6.20 Å². The maximum absolute atomic E-state index is 13.3.